The van der Waals surface area contributed by atoms with Gasteiger partial charge in [-0.25, -0.2) is 0 Å². The molecule has 0 N–H and O–H groups in total. The van der Waals surface area contributed by atoms with Crippen molar-refractivity contribution < 1.29 is 0 Å². The summed E-state index contributed by atoms with van der Waals surface area (Å²) in [4.78, 5) is 1.24. The third-order valence-corrected chi connectivity index (χ3v) is 3.20. The zero-order valence-electron chi connectivity index (χ0n) is 8.33. The fourth-order valence-corrected chi connectivity index (χ4v) is 2.16. The van der Waals surface area contributed by atoms with Crippen molar-refractivity contribution in [2.45, 2.75) is 4.90 Å². The normalized spacial score (nSPS) is 10.3. The molecule has 1 radical (unpaired) electrons. The fourth-order valence-electron chi connectivity index (χ4n) is 1.43. The number of hydrogen-bond donors (Lipinski definition) is 0. The lowest BCUT2D eigenvalue weighted by Crippen LogP contribution is -1.81. The first-order valence-corrected chi connectivity index (χ1v) is 6.22. The lowest BCUT2D eigenvalue weighted by Gasteiger charge is -2.06. The van der Waals surface area contributed by atoms with E-state index >= 15 is 0 Å². The fraction of sp³-hybridized carbons (Fsp3) is 0.0769. The van der Waals surface area contributed by atoms with Crippen LogP contribution in [0.4, 0.5) is 0 Å². The minimum absolute atomic E-state index is 0.764. The van der Waals surface area contributed by atoms with Crippen LogP contribution in [0.2, 0.25) is 5.02 Å². The molecule has 0 bridgehead atoms. The van der Waals surface area contributed by atoms with Crippen LogP contribution < -0.4 is 0 Å². The van der Waals surface area contributed by atoms with Crippen LogP contribution >= 0.6 is 23.4 Å². The summed E-state index contributed by atoms with van der Waals surface area (Å²) in [5.74, 6) is 0. The van der Waals surface area contributed by atoms with Crippen molar-refractivity contribution in [1.29, 1.82) is 0 Å². The average Bonchev–Trinajstić information content (AvgIpc) is 2.30. The van der Waals surface area contributed by atoms with E-state index in [4.69, 9.17) is 11.6 Å². The van der Waals surface area contributed by atoms with E-state index in [0.717, 1.165) is 16.1 Å². The number of benzene rings is 2. The number of halogens is 1. The van der Waals surface area contributed by atoms with Crippen LogP contribution in [-0.4, -0.2) is 6.26 Å². The van der Waals surface area contributed by atoms with E-state index in [0.29, 0.717) is 0 Å². The number of thioether (sulfide) groups is 1. The van der Waals surface area contributed by atoms with Gasteiger partial charge in [-0.15, -0.1) is 11.8 Å². The predicted octanol–water partition coefficient (Wildman–Crippen LogP) is 4.53. The molecule has 0 unspecified atom stereocenters. The van der Waals surface area contributed by atoms with Crippen LogP contribution in [0.15, 0.2) is 47.4 Å². The maximum atomic E-state index is 5.86. The highest BCUT2D eigenvalue weighted by atomic mass is 35.5. The lowest BCUT2D eigenvalue weighted by atomic mass is 10.1. The summed E-state index contributed by atoms with van der Waals surface area (Å²) < 4.78 is 0. The molecule has 2 heteroatoms. The molecule has 0 saturated carbocycles. The van der Waals surface area contributed by atoms with Crippen LogP contribution in [-0.2, 0) is 0 Å². The van der Waals surface area contributed by atoms with Crippen LogP contribution in [0.1, 0.15) is 0 Å². The Morgan fingerprint density at radius 2 is 1.87 bits per heavy atom. The molecule has 2 aromatic carbocycles. The monoisotopic (exact) mass is 233 g/mol. The van der Waals surface area contributed by atoms with Gasteiger partial charge in [0.1, 0.15) is 0 Å². The minimum atomic E-state index is 0.764. The molecular weight excluding hydrogens is 224 g/mol. The zero-order chi connectivity index (χ0) is 10.7. The summed E-state index contributed by atoms with van der Waals surface area (Å²) in [6, 6.07) is 17.2. The van der Waals surface area contributed by atoms with Crippen LogP contribution in [0, 0.1) is 6.07 Å². The molecular formula is C13H10ClS. The highest BCUT2D eigenvalue weighted by Gasteiger charge is 2.03. The molecule has 0 saturated heterocycles. The van der Waals surface area contributed by atoms with Crippen LogP contribution in [0.3, 0.4) is 0 Å². The van der Waals surface area contributed by atoms with Gasteiger partial charge in [-0.2, -0.15) is 0 Å². The van der Waals surface area contributed by atoms with Crippen LogP contribution in [0.5, 0.6) is 0 Å². The lowest BCUT2D eigenvalue weighted by molar-refractivity contribution is 1.44. The summed E-state index contributed by atoms with van der Waals surface area (Å²) in [5.41, 5.74) is 2.30. The third kappa shape index (κ3) is 2.36. The molecule has 0 aliphatic carbocycles. The third-order valence-electron chi connectivity index (χ3n) is 2.17. The van der Waals surface area contributed by atoms with Gasteiger partial charge in [0.15, 0.2) is 0 Å². The molecule has 0 amide bonds. The van der Waals surface area contributed by atoms with Gasteiger partial charge in [-0.1, -0.05) is 35.9 Å². The molecule has 75 valence electrons. The Hall–Kier alpha value is -0.920. The second kappa shape index (κ2) is 4.73. The first kappa shape index (κ1) is 10.6. The average molecular weight is 234 g/mol. The zero-order valence-corrected chi connectivity index (χ0v) is 9.90. The summed E-state index contributed by atoms with van der Waals surface area (Å²) in [7, 11) is 0. The van der Waals surface area contributed by atoms with Gasteiger partial charge in [0.2, 0.25) is 0 Å². The predicted molar refractivity (Wildman–Crippen MR) is 67.5 cm³/mol. The summed E-state index contributed by atoms with van der Waals surface area (Å²) in [6.07, 6.45) is 2.07. The molecule has 0 aliphatic heterocycles. The van der Waals surface area contributed by atoms with Gasteiger partial charge in [0.05, 0.1) is 0 Å². The van der Waals surface area contributed by atoms with Crippen LogP contribution in [0.25, 0.3) is 11.1 Å². The van der Waals surface area contributed by atoms with Crippen molar-refractivity contribution in [3.05, 3.63) is 53.6 Å². The molecule has 0 aromatic heterocycles. The van der Waals surface area contributed by atoms with Crippen molar-refractivity contribution >= 4 is 23.4 Å². The van der Waals surface area contributed by atoms with Gasteiger partial charge in [-0.3, -0.25) is 0 Å². The largest absolute Gasteiger partial charge is 0.129 e. The molecule has 0 atom stereocenters. The first-order chi connectivity index (χ1) is 7.31. The Morgan fingerprint density at radius 1 is 1.13 bits per heavy atom. The quantitative estimate of drug-likeness (QED) is 0.687. The van der Waals surface area contributed by atoms with E-state index in [1.54, 1.807) is 11.8 Å². The molecule has 0 nitrogen and oxygen atoms in total. The molecule has 0 fully saturated rings. The van der Waals surface area contributed by atoms with E-state index in [1.165, 1.54) is 4.90 Å². The second-order valence-corrected chi connectivity index (χ2v) is 4.40. The van der Waals surface area contributed by atoms with Gasteiger partial charge < -0.3 is 0 Å². The highest BCUT2D eigenvalue weighted by Crippen LogP contribution is 2.29. The SMILES string of the molecule is CSc1ccc[c]c1-c1ccc(Cl)cc1. The van der Waals surface area contributed by atoms with Gasteiger partial charge in [0.25, 0.3) is 0 Å². The summed E-state index contributed by atoms with van der Waals surface area (Å²) in [5, 5.41) is 0.764. The summed E-state index contributed by atoms with van der Waals surface area (Å²) >= 11 is 7.59. The van der Waals surface area contributed by atoms with Gasteiger partial charge in [0, 0.05) is 15.5 Å². The number of rotatable bonds is 2. The maximum absolute atomic E-state index is 5.86. The molecule has 2 aromatic rings. The van der Waals surface area contributed by atoms with Crippen molar-refractivity contribution in [2.24, 2.45) is 0 Å². The van der Waals surface area contributed by atoms with Crippen molar-refractivity contribution in [2.75, 3.05) is 6.26 Å². The standard InChI is InChI=1S/C13H10ClS/c1-15-13-5-3-2-4-12(13)10-6-8-11(14)9-7-10/h2-3,5-9H,1H3. The highest BCUT2D eigenvalue weighted by molar-refractivity contribution is 7.98. The van der Waals surface area contributed by atoms with Crippen molar-refractivity contribution in [3.63, 3.8) is 0 Å². The molecule has 0 heterocycles. The minimum Gasteiger partial charge on any atom is -0.129 e. The second-order valence-electron chi connectivity index (χ2n) is 3.12. The van der Waals surface area contributed by atoms with Gasteiger partial charge in [-0.05, 0) is 36.1 Å². The van der Waals surface area contributed by atoms with Crippen molar-refractivity contribution in [3.8, 4) is 11.1 Å². The molecule has 0 spiro atoms. The smallest absolute Gasteiger partial charge is 0.0406 e. The van der Waals surface area contributed by atoms with E-state index in [9.17, 15) is 0 Å². The molecule has 0 aliphatic rings. The first-order valence-electron chi connectivity index (χ1n) is 4.62. The molecule has 2 rings (SSSR count). The Bertz CT molecular complexity index is 448. The Labute approximate surface area is 99.3 Å². The Balaban J connectivity index is 2.49. The van der Waals surface area contributed by atoms with E-state index < -0.39 is 0 Å². The maximum Gasteiger partial charge on any atom is 0.0406 e. The topological polar surface area (TPSA) is 0 Å². The van der Waals surface area contributed by atoms with E-state index in [1.807, 2.05) is 36.4 Å². The number of hydrogen-bond acceptors (Lipinski definition) is 1. The Kier molecular flexibility index (Phi) is 3.34. The molecule has 15 heavy (non-hydrogen) atoms. The van der Waals surface area contributed by atoms with E-state index in [2.05, 4.69) is 18.4 Å². The van der Waals surface area contributed by atoms with Gasteiger partial charge >= 0.3 is 0 Å². The van der Waals surface area contributed by atoms with Crippen molar-refractivity contribution in [1.82, 2.24) is 0 Å². The van der Waals surface area contributed by atoms with E-state index in [-0.39, 0.29) is 0 Å². The summed E-state index contributed by atoms with van der Waals surface area (Å²) in [6.45, 7) is 0. The Morgan fingerprint density at radius 3 is 2.53 bits per heavy atom.